The van der Waals surface area contributed by atoms with Crippen LogP contribution in [0.1, 0.15) is 18.1 Å². The standard InChI is InChI=1S/C12H19NO2/c1-9-5-4-6-11(12(9)15)8-13(3)7-10(2)14/h4-6,10,14-15H,7-8H2,1-3H3/t10-/m1/s1. The summed E-state index contributed by atoms with van der Waals surface area (Å²) in [6.07, 6.45) is -0.345. The number of hydrogen-bond acceptors (Lipinski definition) is 3. The van der Waals surface area contributed by atoms with Crippen LogP contribution >= 0.6 is 0 Å². The minimum Gasteiger partial charge on any atom is -0.507 e. The normalized spacial score (nSPS) is 13.1. The molecule has 0 saturated heterocycles. The summed E-state index contributed by atoms with van der Waals surface area (Å²) in [6, 6.07) is 5.72. The highest BCUT2D eigenvalue weighted by molar-refractivity contribution is 5.39. The number of phenols is 1. The number of nitrogens with zero attached hydrogens (tertiary/aromatic N) is 1. The van der Waals surface area contributed by atoms with Crippen LogP contribution in [0.4, 0.5) is 0 Å². The van der Waals surface area contributed by atoms with Gasteiger partial charge in [0.25, 0.3) is 0 Å². The zero-order valence-corrected chi connectivity index (χ0v) is 9.57. The van der Waals surface area contributed by atoms with Crippen molar-refractivity contribution in [3.05, 3.63) is 29.3 Å². The lowest BCUT2D eigenvalue weighted by Crippen LogP contribution is -2.26. The maximum atomic E-state index is 9.79. The summed E-state index contributed by atoms with van der Waals surface area (Å²) >= 11 is 0. The fraction of sp³-hybridized carbons (Fsp3) is 0.500. The molecule has 3 nitrogen and oxygen atoms in total. The number of aliphatic hydroxyl groups is 1. The minimum absolute atomic E-state index is 0.345. The van der Waals surface area contributed by atoms with Crippen molar-refractivity contribution >= 4 is 0 Å². The third-order valence-electron chi connectivity index (χ3n) is 2.34. The van der Waals surface area contributed by atoms with Crippen LogP contribution in [0.3, 0.4) is 0 Å². The average molecular weight is 209 g/mol. The molecule has 1 aromatic rings. The molecule has 1 aromatic carbocycles. The van der Waals surface area contributed by atoms with Crippen LogP contribution in [0.2, 0.25) is 0 Å². The first-order valence-electron chi connectivity index (χ1n) is 5.14. The monoisotopic (exact) mass is 209 g/mol. The van der Waals surface area contributed by atoms with Crippen LogP contribution in [0.5, 0.6) is 5.75 Å². The molecular weight excluding hydrogens is 190 g/mol. The van der Waals surface area contributed by atoms with E-state index in [1.807, 2.05) is 37.1 Å². The molecule has 84 valence electrons. The van der Waals surface area contributed by atoms with Gasteiger partial charge in [-0.15, -0.1) is 0 Å². The molecule has 15 heavy (non-hydrogen) atoms. The summed E-state index contributed by atoms with van der Waals surface area (Å²) in [5, 5.41) is 19.0. The summed E-state index contributed by atoms with van der Waals surface area (Å²) in [6.45, 7) is 4.89. The maximum Gasteiger partial charge on any atom is 0.122 e. The Bertz CT molecular complexity index is 323. The second-order valence-electron chi connectivity index (χ2n) is 4.13. The third kappa shape index (κ3) is 3.53. The van der Waals surface area contributed by atoms with Gasteiger partial charge in [-0.3, -0.25) is 4.90 Å². The molecule has 0 aliphatic heterocycles. The number of likely N-dealkylation sites (N-methyl/N-ethyl adjacent to an activating group) is 1. The highest BCUT2D eigenvalue weighted by Gasteiger charge is 2.08. The van der Waals surface area contributed by atoms with Crippen molar-refractivity contribution < 1.29 is 10.2 Å². The number of benzene rings is 1. The van der Waals surface area contributed by atoms with E-state index in [0.29, 0.717) is 18.8 Å². The molecule has 0 bridgehead atoms. The predicted octanol–water partition coefficient (Wildman–Crippen LogP) is 1.51. The molecule has 0 spiro atoms. The topological polar surface area (TPSA) is 43.7 Å². The van der Waals surface area contributed by atoms with Crippen LogP contribution in [-0.4, -0.2) is 34.8 Å². The van der Waals surface area contributed by atoms with Gasteiger partial charge >= 0.3 is 0 Å². The van der Waals surface area contributed by atoms with Gasteiger partial charge in [-0.25, -0.2) is 0 Å². The van der Waals surface area contributed by atoms with Gasteiger partial charge in [-0.05, 0) is 26.5 Å². The lowest BCUT2D eigenvalue weighted by Gasteiger charge is -2.19. The largest absolute Gasteiger partial charge is 0.507 e. The number of para-hydroxylation sites is 1. The van der Waals surface area contributed by atoms with E-state index >= 15 is 0 Å². The molecule has 0 radical (unpaired) electrons. The van der Waals surface area contributed by atoms with Gasteiger partial charge in [0.05, 0.1) is 6.10 Å². The second-order valence-corrected chi connectivity index (χ2v) is 4.13. The number of aryl methyl sites for hydroxylation is 1. The number of rotatable bonds is 4. The lowest BCUT2D eigenvalue weighted by molar-refractivity contribution is 0.138. The Morgan fingerprint density at radius 1 is 1.40 bits per heavy atom. The first-order valence-corrected chi connectivity index (χ1v) is 5.14. The van der Waals surface area contributed by atoms with E-state index in [1.165, 1.54) is 0 Å². The zero-order valence-electron chi connectivity index (χ0n) is 9.57. The van der Waals surface area contributed by atoms with Gasteiger partial charge in [0.1, 0.15) is 5.75 Å². The summed E-state index contributed by atoms with van der Waals surface area (Å²) in [7, 11) is 1.93. The predicted molar refractivity (Wildman–Crippen MR) is 60.9 cm³/mol. The summed E-state index contributed by atoms with van der Waals surface area (Å²) < 4.78 is 0. The number of aromatic hydroxyl groups is 1. The van der Waals surface area contributed by atoms with E-state index in [0.717, 1.165) is 11.1 Å². The maximum absolute atomic E-state index is 9.79. The molecular formula is C12H19NO2. The van der Waals surface area contributed by atoms with Crippen molar-refractivity contribution in [1.82, 2.24) is 4.90 Å². The fourth-order valence-corrected chi connectivity index (χ4v) is 1.65. The molecule has 1 atom stereocenters. The Morgan fingerprint density at radius 3 is 2.67 bits per heavy atom. The van der Waals surface area contributed by atoms with Crippen molar-refractivity contribution in [2.75, 3.05) is 13.6 Å². The molecule has 0 aliphatic carbocycles. The van der Waals surface area contributed by atoms with Crippen LogP contribution < -0.4 is 0 Å². The van der Waals surface area contributed by atoms with E-state index in [9.17, 15) is 10.2 Å². The van der Waals surface area contributed by atoms with Gasteiger partial charge in [0.15, 0.2) is 0 Å². The molecule has 0 saturated carbocycles. The quantitative estimate of drug-likeness (QED) is 0.790. The number of aliphatic hydroxyl groups excluding tert-OH is 1. The van der Waals surface area contributed by atoms with Crippen molar-refractivity contribution in [3.63, 3.8) is 0 Å². The Labute approximate surface area is 91.0 Å². The van der Waals surface area contributed by atoms with Gasteiger partial charge in [0.2, 0.25) is 0 Å². The Morgan fingerprint density at radius 2 is 2.07 bits per heavy atom. The molecule has 0 fully saturated rings. The molecule has 2 N–H and O–H groups in total. The van der Waals surface area contributed by atoms with Crippen LogP contribution in [0, 0.1) is 6.92 Å². The van der Waals surface area contributed by atoms with Crippen molar-refractivity contribution in [3.8, 4) is 5.75 Å². The second kappa shape index (κ2) is 5.14. The minimum atomic E-state index is -0.345. The third-order valence-corrected chi connectivity index (χ3v) is 2.34. The highest BCUT2D eigenvalue weighted by Crippen LogP contribution is 2.22. The van der Waals surface area contributed by atoms with Crippen molar-refractivity contribution in [1.29, 1.82) is 0 Å². The van der Waals surface area contributed by atoms with Gasteiger partial charge < -0.3 is 10.2 Å². The molecule has 0 aliphatic rings. The van der Waals surface area contributed by atoms with Crippen molar-refractivity contribution in [2.24, 2.45) is 0 Å². The molecule has 0 unspecified atom stereocenters. The van der Waals surface area contributed by atoms with E-state index < -0.39 is 0 Å². The van der Waals surface area contributed by atoms with Crippen molar-refractivity contribution in [2.45, 2.75) is 26.5 Å². The average Bonchev–Trinajstić information content (AvgIpc) is 2.11. The van der Waals surface area contributed by atoms with E-state index in [-0.39, 0.29) is 6.10 Å². The lowest BCUT2D eigenvalue weighted by atomic mass is 10.1. The molecule has 0 heterocycles. The Balaban J connectivity index is 2.68. The van der Waals surface area contributed by atoms with Crippen LogP contribution in [0.25, 0.3) is 0 Å². The number of phenolic OH excluding ortho intramolecular Hbond substituents is 1. The zero-order chi connectivity index (χ0) is 11.4. The molecule has 1 rings (SSSR count). The smallest absolute Gasteiger partial charge is 0.122 e. The summed E-state index contributed by atoms with van der Waals surface area (Å²) in [5.74, 6) is 0.356. The first kappa shape index (κ1) is 12.0. The van der Waals surface area contributed by atoms with Gasteiger partial charge in [0, 0.05) is 18.7 Å². The molecule has 0 amide bonds. The van der Waals surface area contributed by atoms with Gasteiger partial charge in [-0.1, -0.05) is 18.2 Å². The van der Waals surface area contributed by atoms with Crippen LogP contribution in [0.15, 0.2) is 18.2 Å². The highest BCUT2D eigenvalue weighted by atomic mass is 16.3. The molecule has 0 aromatic heterocycles. The molecule has 3 heteroatoms. The van der Waals surface area contributed by atoms with E-state index in [1.54, 1.807) is 6.92 Å². The Hall–Kier alpha value is -1.06. The van der Waals surface area contributed by atoms with E-state index in [2.05, 4.69) is 0 Å². The first-order chi connectivity index (χ1) is 7.00. The SMILES string of the molecule is Cc1cccc(CN(C)C[C@@H](C)O)c1O. The van der Waals surface area contributed by atoms with E-state index in [4.69, 9.17) is 0 Å². The summed E-state index contributed by atoms with van der Waals surface area (Å²) in [5.41, 5.74) is 1.79. The summed E-state index contributed by atoms with van der Waals surface area (Å²) in [4.78, 5) is 1.99. The number of hydrogen-bond donors (Lipinski definition) is 2. The van der Waals surface area contributed by atoms with Crippen LogP contribution in [-0.2, 0) is 6.54 Å². The Kier molecular flexibility index (Phi) is 4.12. The fourth-order valence-electron chi connectivity index (χ4n) is 1.65. The van der Waals surface area contributed by atoms with Gasteiger partial charge in [-0.2, -0.15) is 0 Å².